The summed E-state index contributed by atoms with van der Waals surface area (Å²) in [7, 11) is -3.58. The molecule has 1 saturated heterocycles. The first kappa shape index (κ1) is 15.3. The van der Waals surface area contributed by atoms with Gasteiger partial charge in [-0.3, -0.25) is 4.99 Å². The lowest BCUT2D eigenvalue weighted by molar-refractivity contribution is 0.380. The Labute approximate surface area is 130 Å². The minimum Gasteiger partial charge on any atom is -0.356 e. The maximum absolute atomic E-state index is 10.9. The zero-order chi connectivity index (χ0) is 15.6. The number of aromatic nitrogens is 2. The average molecular weight is 324 g/mol. The Hall–Kier alpha value is -1.58. The number of nitrogens with zero attached hydrogens (tertiary/aromatic N) is 4. The lowest BCUT2D eigenvalue weighted by Gasteiger charge is -2.33. The van der Waals surface area contributed by atoms with Crippen molar-refractivity contribution in [2.45, 2.75) is 25.8 Å². The standard InChI is InChI=1S/C13H20N6O2S/c14-22(20,21)18-4-1-10-2-5-19(6-3-10)13-11-7-15-8-12(11)16-9-17-13/h8-10,18H,1-7H2,(H2,14,20,21). The van der Waals surface area contributed by atoms with E-state index in [-0.39, 0.29) is 0 Å². The summed E-state index contributed by atoms with van der Waals surface area (Å²) < 4.78 is 24.0. The number of anilines is 1. The summed E-state index contributed by atoms with van der Waals surface area (Å²) in [5.74, 6) is 1.50. The molecular weight excluding hydrogens is 304 g/mol. The van der Waals surface area contributed by atoms with Gasteiger partial charge in [-0.1, -0.05) is 0 Å². The molecule has 0 spiro atoms. The molecule has 0 amide bonds. The van der Waals surface area contributed by atoms with E-state index in [2.05, 4.69) is 24.6 Å². The fraction of sp³-hybridized carbons (Fsp3) is 0.615. The van der Waals surface area contributed by atoms with Crippen LogP contribution in [0.2, 0.25) is 0 Å². The van der Waals surface area contributed by atoms with Crippen LogP contribution in [0, 0.1) is 5.92 Å². The molecular formula is C13H20N6O2S. The highest BCUT2D eigenvalue weighted by atomic mass is 32.2. The minimum absolute atomic E-state index is 0.403. The SMILES string of the molecule is NS(=O)(=O)NCCC1CCN(c2ncnc3c2CN=C3)CC1. The van der Waals surface area contributed by atoms with Gasteiger partial charge in [-0.2, -0.15) is 8.42 Å². The van der Waals surface area contributed by atoms with Crippen LogP contribution in [0.25, 0.3) is 0 Å². The third-order valence-corrected chi connectivity index (χ3v) is 4.80. The van der Waals surface area contributed by atoms with Gasteiger partial charge in [0.2, 0.25) is 0 Å². The predicted octanol–water partition coefficient (Wildman–Crippen LogP) is -0.191. The smallest absolute Gasteiger partial charge is 0.274 e. The maximum atomic E-state index is 10.9. The highest BCUT2D eigenvalue weighted by molar-refractivity contribution is 7.87. The molecule has 2 aliphatic rings. The molecule has 1 aromatic rings. The summed E-state index contributed by atoms with van der Waals surface area (Å²) in [6.07, 6.45) is 6.24. The van der Waals surface area contributed by atoms with Gasteiger partial charge in [0.1, 0.15) is 12.1 Å². The molecule has 3 N–H and O–H groups in total. The van der Waals surface area contributed by atoms with Crippen LogP contribution in [0.4, 0.5) is 5.82 Å². The van der Waals surface area contributed by atoms with E-state index in [9.17, 15) is 8.42 Å². The lowest BCUT2D eigenvalue weighted by Crippen LogP contribution is -2.37. The number of hydrogen-bond donors (Lipinski definition) is 2. The van der Waals surface area contributed by atoms with Gasteiger partial charge in [-0.05, 0) is 25.2 Å². The van der Waals surface area contributed by atoms with Crippen LogP contribution in [0.3, 0.4) is 0 Å². The molecule has 2 aliphatic heterocycles. The van der Waals surface area contributed by atoms with E-state index < -0.39 is 10.2 Å². The van der Waals surface area contributed by atoms with Crippen molar-refractivity contribution in [2.75, 3.05) is 24.5 Å². The van der Waals surface area contributed by atoms with Gasteiger partial charge in [0, 0.05) is 31.4 Å². The van der Waals surface area contributed by atoms with Crippen LogP contribution < -0.4 is 14.8 Å². The molecule has 22 heavy (non-hydrogen) atoms. The Morgan fingerprint density at radius 2 is 2.09 bits per heavy atom. The fourth-order valence-electron chi connectivity index (χ4n) is 3.01. The third kappa shape index (κ3) is 3.60. The quantitative estimate of drug-likeness (QED) is 0.779. The first-order valence-corrected chi connectivity index (χ1v) is 8.93. The van der Waals surface area contributed by atoms with E-state index >= 15 is 0 Å². The van der Waals surface area contributed by atoms with Crippen molar-refractivity contribution >= 4 is 22.2 Å². The van der Waals surface area contributed by atoms with Gasteiger partial charge in [0.25, 0.3) is 10.2 Å². The summed E-state index contributed by atoms with van der Waals surface area (Å²) in [6.45, 7) is 2.90. The molecule has 0 aliphatic carbocycles. The third-order valence-electron chi connectivity index (χ3n) is 4.19. The normalized spacial score (nSPS) is 18.7. The molecule has 0 saturated carbocycles. The zero-order valence-electron chi connectivity index (χ0n) is 12.3. The van der Waals surface area contributed by atoms with Crippen molar-refractivity contribution in [3.63, 3.8) is 0 Å². The van der Waals surface area contributed by atoms with Crippen LogP contribution >= 0.6 is 0 Å². The number of fused-ring (bicyclic) bond motifs is 1. The monoisotopic (exact) mass is 324 g/mol. The van der Waals surface area contributed by atoms with Crippen LogP contribution in [0.1, 0.15) is 30.5 Å². The van der Waals surface area contributed by atoms with Crippen molar-refractivity contribution in [1.29, 1.82) is 0 Å². The molecule has 0 bridgehead atoms. The van der Waals surface area contributed by atoms with Crippen LogP contribution in [0.15, 0.2) is 11.3 Å². The second kappa shape index (κ2) is 6.27. The number of piperidine rings is 1. The van der Waals surface area contributed by atoms with E-state index in [0.29, 0.717) is 19.0 Å². The van der Waals surface area contributed by atoms with Crippen molar-refractivity contribution in [3.05, 3.63) is 17.6 Å². The first-order valence-electron chi connectivity index (χ1n) is 7.39. The second-order valence-corrected chi connectivity index (χ2v) is 7.07. The molecule has 120 valence electrons. The number of rotatable bonds is 5. The van der Waals surface area contributed by atoms with Crippen molar-refractivity contribution in [2.24, 2.45) is 16.0 Å². The Balaban J connectivity index is 1.53. The molecule has 8 nitrogen and oxygen atoms in total. The number of nitrogens with two attached hydrogens (primary N) is 1. The topological polar surface area (TPSA) is 114 Å². The summed E-state index contributed by atoms with van der Waals surface area (Å²) >= 11 is 0. The molecule has 1 aromatic heterocycles. The second-order valence-electron chi connectivity index (χ2n) is 5.69. The highest BCUT2D eigenvalue weighted by Gasteiger charge is 2.24. The lowest BCUT2D eigenvalue weighted by atomic mass is 9.93. The molecule has 1 fully saturated rings. The van der Waals surface area contributed by atoms with E-state index in [4.69, 9.17) is 5.14 Å². The highest BCUT2D eigenvalue weighted by Crippen LogP contribution is 2.28. The van der Waals surface area contributed by atoms with Gasteiger partial charge in [0.05, 0.1) is 12.2 Å². The average Bonchev–Trinajstić information content (AvgIpc) is 2.95. The van der Waals surface area contributed by atoms with Gasteiger partial charge >= 0.3 is 0 Å². The number of aliphatic imine (C=N–C) groups is 1. The summed E-state index contributed by atoms with van der Waals surface area (Å²) in [5, 5.41) is 4.93. The number of nitrogens with one attached hydrogen (secondary N) is 1. The van der Waals surface area contributed by atoms with Gasteiger partial charge in [-0.15, -0.1) is 0 Å². The van der Waals surface area contributed by atoms with Crippen LogP contribution in [0.5, 0.6) is 0 Å². The largest absolute Gasteiger partial charge is 0.356 e. The van der Waals surface area contributed by atoms with Crippen molar-refractivity contribution in [1.82, 2.24) is 14.7 Å². The predicted molar refractivity (Wildman–Crippen MR) is 84.0 cm³/mol. The zero-order valence-corrected chi connectivity index (χ0v) is 13.1. The van der Waals surface area contributed by atoms with E-state index in [1.807, 2.05) is 0 Å². The molecule has 0 unspecified atom stereocenters. The Bertz CT molecular complexity index is 667. The van der Waals surface area contributed by atoms with Crippen molar-refractivity contribution in [3.8, 4) is 0 Å². The number of hydrogen-bond acceptors (Lipinski definition) is 6. The Kier molecular flexibility index (Phi) is 4.37. The Morgan fingerprint density at radius 1 is 1.32 bits per heavy atom. The van der Waals surface area contributed by atoms with E-state index in [1.165, 1.54) is 0 Å². The van der Waals surface area contributed by atoms with Crippen molar-refractivity contribution < 1.29 is 8.42 Å². The maximum Gasteiger partial charge on any atom is 0.274 e. The summed E-state index contributed by atoms with van der Waals surface area (Å²) in [6, 6.07) is 0. The Morgan fingerprint density at radius 3 is 2.82 bits per heavy atom. The van der Waals surface area contributed by atoms with E-state index in [0.717, 1.165) is 49.4 Å². The van der Waals surface area contributed by atoms with Crippen LogP contribution in [-0.2, 0) is 16.8 Å². The molecule has 9 heteroatoms. The van der Waals surface area contributed by atoms with E-state index in [1.54, 1.807) is 12.5 Å². The molecule has 0 aromatic carbocycles. The molecule has 3 rings (SSSR count). The van der Waals surface area contributed by atoms with Gasteiger partial charge in [0.15, 0.2) is 0 Å². The molecule has 0 radical (unpaired) electrons. The summed E-state index contributed by atoms with van der Waals surface area (Å²) in [4.78, 5) is 15.2. The first-order chi connectivity index (χ1) is 10.5. The minimum atomic E-state index is -3.58. The van der Waals surface area contributed by atoms with Gasteiger partial charge < -0.3 is 4.90 Å². The molecule has 3 heterocycles. The van der Waals surface area contributed by atoms with Crippen LogP contribution in [-0.4, -0.2) is 44.2 Å². The fourth-order valence-corrected chi connectivity index (χ4v) is 3.42. The van der Waals surface area contributed by atoms with Gasteiger partial charge in [-0.25, -0.2) is 19.8 Å². The molecule has 0 atom stereocenters. The summed E-state index contributed by atoms with van der Waals surface area (Å²) in [5.41, 5.74) is 2.03.